The van der Waals surface area contributed by atoms with Crippen molar-refractivity contribution in [3.8, 4) is 5.88 Å². The van der Waals surface area contributed by atoms with Gasteiger partial charge in [0.15, 0.2) is 0 Å². The second kappa shape index (κ2) is 7.94. The maximum absolute atomic E-state index is 12.0. The summed E-state index contributed by atoms with van der Waals surface area (Å²) in [4.78, 5) is 26.1. The number of nitrogens with zero attached hydrogens (tertiary/aromatic N) is 2. The fourth-order valence-corrected chi connectivity index (χ4v) is 6.97. The Hall–Kier alpha value is -0.740. The Kier molecular flexibility index (Phi) is 6.00. The van der Waals surface area contributed by atoms with Gasteiger partial charge in [-0.3, -0.25) is 4.57 Å². The van der Waals surface area contributed by atoms with Crippen molar-refractivity contribution < 1.29 is 28.9 Å². The average Bonchev–Trinajstić information content (AvgIpc) is 3.20. The summed E-state index contributed by atoms with van der Waals surface area (Å²) in [7, 11) is -3.55. The van der Waals surface area contributed by atoms with Gasteiger partial charge >= 0.3 is 5.69 Å². The summed E-state index contributed by atoms with van der Waals surface area (Å²) in [5.74, 6) is -0.0515. The number of hydrogen-bond donors (Lipinski definition) is 2. The fourth-order valence-electron chi connectivity index (χ4n) is 5.44. The summed E-state index contributed by atoms with van der Waals surface area (Å²) in [6, 6.07) is 0. The van der Waals surface area contributed by atoms with Gasteiger partial charge in [-0.1, -0.05) is 20.8 Å². The first-order valence-electron chi connectivity index (χ1n) is 10.6. The minimum Gasteiger partial charge on any atom is -0.858 e. The minimum atomic E-state index is -3.55. The maximum atomic E-state index is 12.0. The van der Waals surface area contributed by atoms with Crippen LogP contribution in [0.4, 0.5) is 0 Å². The van der Waals surface area contributed by atoms with Crippen molar-refractivity contribution in [1.29, 1.82) is 0 Å². The first-order chi connectivity index (χ1) is 14.3. The second-order valence-corrected chi connectivity index (χ2v) is 12.6. The summed E-state index contributed by atoms with van der Waals surface area (Å²) >= 11 is 5.25. The highest BCUT2D eigenvalue weighted by atomic mass is 32.7. The number of aryl methyl sites for hydroxylation is 1. The van der Waals surface area contributed by atoms with E-state index in [1.54, 1.807) is 6.92 Å². The van der Waals surface area contributed by atoms with Crippen molar-refractivity contribution >= 4 is 19.4 Å². The molecule has 1 saturated heterocycles. The number of aliphatic hydroxyl groups is 1. The standard InChI is InChI=1S/C20H31N2O7PS/c1-11-9-22(18(25)21-17(11)24)16-8-13(23)14(28-16)10-27-30(26,31)29-15-7-12-5-6-20(15,4)19(12,2)3/h9,12-16,23H,5-8,10H2,1-4H3,(H,26,31)(H,21,24,25)/p-1/t12-,13+,14-,15+,16-,20+,30?/m1/s1. The van der Waals surface area contributed by atoms with Crippen molar-refractivity contribution in [3.05, 3.63) is 22.2 Å². The zero-order valence-electron chi connectivity index (χ0n) is 18.2. The summed E-state index contributed by atoms with van der Waals surface area (Å²) in [5, 5.41) is 21.9. The third-order valence-electron chi connectivity index (χ3n) is 7.98. The van der Waals surface area contributed by atoms with Crippen LogP contribution >= 0.6 is 7.15 Å². The van der Waals surface area contributed by atoms with E-state index >= 15 is 0 Å². The van der Waals surface area contributed by atoms with E-state index in [9.17, 15) is 19.9 Å². The molecule has 1 aromatic rings. The van der Waals surface area contributed by atoms with E-state index in [4.69, 9.17) is 26.0 Å². The quantitative estimate of drug-likeness (QED) is 0.469. The van der Waals surface area contributed by atoms with Crippen LogP contribution in [0.25, 0.3) is 0 Å². The number of fused-ring (bicyclic) bond motifs is 2. The molecule has 0 amide bonds. The predicted molar refractivity (Wildman–Crippen MR) is 114 cm³/mol. The second-order valence-electron chi connectivity index (χ2n) is 9.82. The van der Waals surface area contributed by atoms with Gasteiger partial charge in [0.2, 0.25) is 0 Å². The molecule has 0 aromatic carbocycles. The molecule has 3 aliphatic rings. The van der Waals surface area contributed by atoms with Gasteiger partial charge in [-0.2, -0.15) is 9.05 Å². The Morgan fingerprint density at radius 2 is 2.13 bits per heavy atom. The van der Waals surface area contributed by atoms with Crippen LogP contribution in [0.2, 0.25) is 0 Å². The molecule has 31 heavy (non-hydrogen) atoms. The van der Waals surface area contributed by atoms with E-state index in [0.717, 1.165) is 19.3 Å². The molecule has 1 aliphatic heterocycles. The van der Waals surface area contributed by atoms with Crippen LogP contribution in [0.15, 0.2) is 11.0 Å². The molecular weight excluding hydrogens is 443 g/mol. The molecule has 3 fully saturated rings. The molecule has 1 unspecified atom stereocenters. The third-order valence-corrected chi connectivity index (χ3v) is 9.55. The first kappa shape index (κ1) is 23.4. The Bertz CT molecular complexity index is 910. The Balaban J connectivity index is 1.37. The highest BCUT2D eigenvalue weighted by Crippen LogP contribution is 2.70. The summed E-state index contributed by atoms with van der Waals surface area (Å²) in [5.41, 5.74) is -0.387. The smallest absolute Gasteiger partial charge is 0.349 e. The average molecular weight is 474 g/mol. The van der Waals surface area contributed by atoms with Gasteiger partial charge in [-0.15, -0.1) is 0 Å². The largest absolute Gasteiger partial charge is 0.858 e. The van der Waals surface area contributed by atoms with Gasteiger partial charge in [0.1, 0.15) is 25.0 Å². The van der Waals surface area contributed by atoms with Gasteiger partial charge in [-0.05, 0) is 49.0 Å². The van der Waals surface area contributed by atoms with Crippen LogP contribution in [-0.4, -0.2) is 44.5 Å². The van der Waals surface area contributed by atoms with Crippen molar-refractivity contribution in [2.75, 3.05) is 6.61 Å². The summed E-state index contributed by atoms with van der Waals surface area (Å²) in [6.45, 7) is 8.07. The lowest BCUT2D eigenvalue weighted by Crippen LogP contribution is -2.37. The Morgan fingerprint density at radius 3 is 2.74 bits per heavy atom. The van der Waals surface area contributed by atoms with Crippen LogP contribution in [0, 0.1) is 23.7 Å². The highest BCUT2D eigenvalue weighted by molar-refractivity contribution is 8.35. The number of rotatable bonds is 6. The lowest BCUT2D eigenvalue weighted by Gasteiger charge is -2.39. The lowest BCUT2D eigenvalue weighted by atomic mass is 9.70. The predicted octanol–water partition coefficient (Wildman–Crippen LogP) is 1.74. The number of hydrogen-bond acceptors (Lipinski definition) is 9. The SMILES string of the molecule is Cc1cn([C@H]2C[C@H](O)[C@@H](CO[P+](O)([S-])O[C@H]3C[C@H]4CC[C@]3(C)C4(C)C)O2)c(=O)nc1[O-]. The Morgan fingerprint density at radius 1 is 1.42 bits per heavy atom. The third kappa shape index (κ3) is 4.05. The highest BCUT2D eigenvalue weighted by Gasteiger charge is 2.64. The monoisotopic (exact) mass is 473 g/mol. The van der Waals surface area contributed by atoms with E-state index in [2.05, 4.69) is 25.8 Å². The molecule has 1 aromatic heterocycles. The molecular formula is C20H30N2O7PS-. The van der Waals surface area contributed by atoms with Crippen molar-refractivity contribution in [1.82, 2.24) is 9.55 Å². The van der Waals surface area contributed by atoms with Crippen LogP contribution < -0.4 is 10.8 Å². The number of aromatic nitrogens is 2. The number of ether oxygens (including phenoxy) is 1. The molecule has 0 spiro atoms. The molecule has 174 valence electrons. The Labute approximate surface area is 187 Å². The molecule has 2 heterocycles. The van der Waals surface area contributed by atoms with E-state index in [0.29, 0.717) is 11.5 Å². The first-order valence-corrected chi connectivity index (χ1v) is 13.2. The van der Waals surface area contributed by atoms with Crippen LogP contribution in [0.1, 0.15) is 58.2 Å². The number of aliphatic hydroxyl groups excluding tert-OH is 1. The summed E-state index contributed by atoms with van der Waals surface area (Å²) in [6.07, 6.45) is 1.84. The maximum Gasteiger partial charge on any atom is 0.349 e. The molecule has 7 atom stereocenters. The van der Waals surface area contributed by atoms with Crippen molar-refractivity contribution in [2.45, 2.75) is 77.9 Å². The minimum absolute atomic E-state index is 0.0674. The molecule has 9 nitrogen and oxygen atoms in total. The zero-order valence-corrected chi connectivity index (χ0v) is 19.9. The molecule has 0 radical (unpaired) electrons. The van der Waals surface area contributed by atoms with Crippen LogP contribution in [-0.2, 0) is 26.0 Å². The van der Waals surface area contributed by atoms with Crippen molar-refractivity contribution in [2.24, 2.45) is 16.7 Å². The molecule has 4 rings (SSSR count). The van der Waals surface area contributed by atoms with Gasteiger partial charge in [0, 0.05) is 18.0 Å². The molecule has 2 bridgehead atoms. The van der Waals surface area contributed by atoms with Crippen LogP contribution in [0.3, 0.4) is 0 Å². The normalized spacial score (nSPS) is 38.5. The molecule has 2 N–H and O–H groups in total. The van der Waals surface area contributed by atoms with Gasteiger partial charge < -0.3 is 27.2 Å². The van der Waals surface area contributed by atoms with E-state index in [1.807, 2.05) is 0 Å². The molecule has 2 aliphatic carbocycles. The van der Waals surface area contributed by atoms with E-state index in [1.165, 1.54) is 10.8 Å². The molecule has 11 heteroatoms. The van der Waals surface area contributed by atoms with E-state index in [-0.39, 0.29) is 30.0 Å². The zero-order chi connectivity index (χ0) is 22.8. The van der Waals surface area contributed by atoms with Gasteiger partial charge in [0.25, 0.3) is 7.15 Å². The van der Waals surface area contributed by atoms with Crippen molar-refractivity contribution in [3.63, 3.8) is 0 Å². The summed E-state index contributed by atoms with van der Waals surface area (Å²) < 4.78 is 18.4. The topological polar surface area (TPSA) is 126 Å². The fraction of sp³-hybridized carbons (Fsp3) is 0.800. The lowest BCUT2D eigenvalue weighted by molar-refractivity contribution is -0.276. The van der Waals surface area contributed by atoms with Crippen LogP contribution in [0.5, 0.6) is 5.88 Å². The van der Waals surface area contributed by atoms with Gasteiger partial charge in [0.05, 0.1) is 6.10 Å². The van der Waals surface area contributed by atoms with Gasteiger partial charge in [-0.25, -0.2) is 14.7 Å². The van der Waals surface area contributed by atoms with E-state index < -0.39 is 37.2 Å². The molecule has 2 saturated carbocycles.